The Morgan fingerprint density at radius 3 is 2.56 bits per heavy atom. The second-order valence-corrected chi connectivity index (χ2v) is 5.90. The predicted octanol–water partition coefficient (Wildman–Crippen LogP) is 3.68. The van der Waals surface area contributed by atoms with Crippen molar-refractivity contribution < 1.29 is 14.6 Å². The van der Waals surface area contributed by atoms with Gasteiger partial charge in [0, 0.05) is 13.1 Å². The average Bonchev–Trinajstić information content (AvgIpc) is 2.66. The first kappa shape index (κ1) is 18.7. The molecule has 0 aromatic heterocycles. The van der Waals surface area contributed by atoms with Crippen molar-refractivity contribution in [3.63, 3.8) is 0 Å². The lowest BCUT2D eigenvalue weighted by atomic mass is 10.0. The maximum absolute atomic E-state index is 12.5. The average molecular weight is 339 g/mol. The van der Waals surface area contributed by atoms with Crippen molar-refractivity contribution in [3.05, 3.63) is 71.8 Å². The summed E-state index contributed by atoms with van der Waals surface area (Å²) < 4.78 is 5.17. The molecule has 1 amide bonds. The molecule has 0 saturated heterocycles. The molecule has 0 aliphatic heterocycles. The van der Waals surface area contributed by atoms with E-state index in [1.54, 1.807) is 26.3 Å². The topological polar surface area (TPSA) is 49.8 Å². The van der Waals surface area contributed by atoms with Crippen molar-refractivity contribution in [2.75, 3.05) is 20.7 Å². The molecule has 2 rings (SSSR count). The number of carbonyl (C=O) groups excluding carboxylic acids is 1. The Morgan fingerprint density at radius 2 is 1.92 bits per heavy atom. The third-order valence-electron chi connectivity index (χ3n) is 4.12. The molecule has 1 unspecified atom stereocenters. The molecular formula is C21H25NO3. The molecular weight excluding hydrogens is 314 g/mol. The van der Waals surface area contributed by atoms with Crippen molar-refractivity contribution in [1.82, 2.24) is 4.90 Å². The van der Waals surface area contributed by atoms with Gasteiger partial charge in [0.05, 0.1) is 19.8 Å². The highest BCUT2D eigenvalue weighted by atomic mass is 16.5. The summed E-state index contributed by atoms with van der Waals surface area (Å²) in [6.07, 6.45) is 1.65. The van der Waals surface area contributed by atoms with Crippen LogP contribution in [0.5, 0.6) is 5.75 Å². The zero-order chi connectivity index (χ0) is 18.2. The summed E-state index contributed by atoms with van der Waals surface area (Å²) in [4.78, 5) is 14.0. The third kappa shape index (κ3) is 5.19. The van der Waals surface area contributed by atoms with Crippen LogP contribution in [0.15, 0.2) is 60.7 Å². The summed E-state index contributed by atoms with van der Waals surface area (Å²) in [6, 6.07) is 17.1. The minimum atomic E-state index is -0.765. The van der Waals surface area contributed by atoms with E-state index in [1.165, 1.54) is 4.90 Å². The molecule has 132 valence electrons. The van der Waals surface area contributed by atoms with Crippen molar-refractivity contribution in [2.45, 2.75) is 19.4 Å². The van der Waals surface area contributed by atoms with Crippen molar-refractivity contribution in [1.29, 1.82) is 0 Å². The van der Waals surface area contributed by atoms with Crippen LogP contribution in [-0.2, 0) is 4.79 Å². The number of benzene rings is 2. The lowest BCUT2D eigenvalue weighted by Crippen LogP contribution is -2.29. The molecule has 0 fully saturated rings. The summed E-state index contributed by atoms with van der Waals surface area (Å²) in [5.41, 5.74) is 2.75. The van der Waals surface area contributed by atoms with Gasteiger partial charge in [0.2, 0.25) is 5.91 Å². The number of rotatable bonds is 7. The first-order valence-electron chi connectivity index (χ1n) is 8.38. The van der Waals surface area contributed by atoms with Crippen LogP contribution >= 0.6 is 0 Å². The molecule has 0 heterocycles. The third-order valence-corrected chi connectivity index (χ3v) is 4.12. The quantitative estimate of drug-likeness (QED) is 0.783. The van der Waals surface area contributed by atoms with Gasteiger partial charge < -0.3 is 14.7 Å². The molecule has 2 aromatic rings. The molecule has 0 aliphatic carbocycles. The van der Waals surface area contributed by atoms with Gasteiger partial charge in [-0.05, 0) is 35.3 Å². The molecule has 1 atom stereocenters. The van der Waals surface area contributed by atoms with E-state index >= 15 is 0 Å². The van der Waals surface area contributed by atoms with Crippen LogP contribution in [0.25, 0.3) is 5.57 Å². The van der Waals surface area contributed by atoms with Crippen LogP contribution in [0.4, 0.5) is 0 Å². The zero-order valence-corrected chi connectivity index (χ0v) is 15.0. The van der Waals surface area contributed by atoms with E-state index in [-0.39, 0.29) is 12.5 Å². The SMILES string of the molecule is CC/C(=C\C(=O)N(C)CC(O)c1cccc(OC)c1)c1ccccc1. The number of hydrogen-bond acceptors (Lipinski definition) is 3. The van der Waals surface area contributed by atoms with Crippen molar-refractivity contribution in [3.8, 4) is 5.75 Å². The molecule has 4 nitrogen and oxygen atoms in total. The predicted molar refractivity (Wildman–Crippen MR) is 100 cm³/mol. The van der Waals surface area contributed by atoms with E-state index in [1.807, 2.05) is 55.5 Å². The van der Waals surface area contributed by atoms with E-state index < -0.39 is 6.10 Å². The molecule has 1 N–H and O–H groups in total. The van der Waals surface area contributed by atoms with Gasteiger partial charge in [-0.2, -0.15) is 0 Å². The highest BCUT2D eigenvalue weighted by Gasteiger charge is 2.15. The molecule has 4 heteroatoms. The monoisotopic (exact) mass is 339 g/mol. The zero-order valence-electron chi connectivity index (χ0n) is 15.0. The molecule has 25 heavy (non-hydrogen) atoms. The molecule has 0 saturated carbocycles. The summed E-state index contributed by atoms with van der Waals surface area (Å²) in [5, 5.41) is 10.4. The van der Waals surface area contributed by atoms with E-state index in [9.17, 15) is 9.90 Å². The number of methoxy groups -OCH3 is 1. The van der Waals surface area contributed by atoms with E-state index in [2.05, 4.69) is 0 Å². The number of amides is 1. The Kier molecular flexibility index (Phi) is 6.78. The van der Waals surface area contributed by atoms with Crippen molar-refractivity contribution >= 4 is 11.5 Å². The second-order valence-electron chi connectivity index (χ2n) is 5.90. The van der Waals surface area contributed by atoms with Gasteiger partial charge in [0.1, 0.15) is 5.75 Å². The Balaban J connectivity index is 2.07. The largest absolute Gasteiger partial charge is 0.497 e. The van der Waals surface area contributed by atoms with Crippen LogP contribution in [0.3, 0.4) is 0 Å². The smallest absolute Gasteiger partial charge is 0.246 e. The van der Waals surface area contributed by atoms with Crippen LogP contribution in [0.2, 0.25) is 0 Å². The summed E-state index contributed by atoms with van der Waals surface area (Å²) in [7, 11) is 3.28. The normalized spacial score (nSPS) is 12.6. The number of hydrogen-bond donors (Lipinski definition) is 1. The Bertz CT molecular complexity index is 725. The van der Waals surface area contributed by atoms with Gasteiger partial charge in [-0.25, -0.2) is 0 Å². The number of ether oxygens (including phenoxy) is 1. The molecule has 0 radical (unpaired) electrons. The Labute approximate surface area is 149 Å². The number of likely N-dealkylation sites (N-methyl/N-ethyl adjacent to an activating group) is 1. The molecule has 2 aromatic carbocycles. The summed E-state index contributed by atoms with van der Waals surface area (Å²) >= 11 is 0. The van der Waals surface area contributed by atoms with Gasteiger partial charge in [0.25, 0.3) is 0 Å². The van der Waals surface area contributed by atoms with Crippen LogP contribution in [0.1, 0.15) is 30.6 Å². The fourth-order valence-corrected chi connectivity index (χ4v) is 2.60. The van der Waals surface area contributed by atoms with E-state index in [4.69, 9.17) is 4.74 Å². The maximum atomic E-state index is 12.5. The van der Waals surface area contributed by atoms with E-state index in [0.717, 1.165) is 23.1 Å². The van der Waals surface area contributed by atoms with Crippen LogP contribution < -0.4 is 4.74 Å². The number of carbonyl (C=O) groups is 1. The lowest BCUT2D eigenvalue weighted by molar-refractivity contribution is -0.126. The lowest BCUT2D eigenvalue weighted by Gasteiger charge is -2.20. The van der Waals surface area contributed by atoms with Crippen LogP contribution in [-0.4, -0.2) is 36.6 Å². The van der Waals surface area contributed by atoms with Crippen molar-refractivity contribution in [2.24, 2.45) is 0 Å². The number of aliphatic hydroxyl groups excluding tert-OH is 1. The van der Waals surface area contributed by atoms with Gasteiger partial charge in [-0.1, -0.05) is 49.4 Å². The van der Waals surface area contributed by atoms with Gasteiger partial charge in [-0.15, -0.1) is 0 Å². The summed E-state index contributed by atoms with van der Waals surface area (Å²) in [5.74, 6) is 0.561. The summed E-state index contributed by atoms with van der Waals surface area (Å²) in [6.45, 7) is 2.24. The van der Waals surface area contributed by atoms with E-state index in [0.29, 0.717) is 5.75 Å². The van der Waals surface area contributed by atoms with Gasteiger partial charge in [0.15, 0.2) is 0 Å². The standard InChI is InChI=1S/C21H25NO3/c1-4-16(17-9-6-5-7-10-17)14-21(24)22(2)15-20(23)18-11-8-12-19(13-18)25-3/h5-14,20,23H,4,15H2,1-3H3/b16-14+. The molecule has 0 bridgehead atoms. The first-order valence-corrected chi connectivity index (χ1v) is 8.38. The minimum absolute atomic E-state index is 0.123. The van der Waals surface area contributed by atoms with Gasteiger partial charge >= 0.3 is 0 Å². The molecule has 0 aliphatic rings. The van der Waals surface area contributed by atoms with Gasteiger partial charge in [-0.3, -0.25) is 4.79 Å². The second kappa shape index (κ2) is 9.04. The number of aliphatic hydroxyl groups is 1. The maximum Gasteiger partial charge on any atom is 0.246 e. The Morgan fingerprint density at radius 1 is 1.20 bits per heavy atom. The fraction of sp³-hybridized carbons (Fsp3) is 0.286. The fourth-order valence-electron chi connectivity index (χ4n) is 2.60. The minimum Gasteiger partial charge on any atom is -0.497 e. The highest BCUT2D eigenvalue weighted by molar-refractivity contribution is 5.95. The first-order chi connectivity index (χ1) is 12.0. The van der Waals surface area contributed by atoms with Crippen LogP contribution in [0, 0.1) is 0 Å². The Hall–Kier alpha value is -2.59. The molecule has 0 spiro atoms. The highest BCUT2D eigenvalue weighted by Crippen LogP contribution is 2.21. The number of allylic oxidation sites excluding steroid dienone is 1. The number of nitrogens with zero attached hydrogens (tertiary/aromatic N) is 1.